The van der Waals surface area contributed by atoms with E-state index in [1.54, 1.807) is 0 Å². The monoisotopic (exact) mass is 264 g/mol. The smallest absolute Gasteiger partial charge is 0.177 e. The molecule has 0 aromatic heterocycles. The van der Waals surface area contributed by atoms with Crippen molar-refractivity contribution in [3.05, 3.63) is 29.8 Å². The number of hydrogen-bond acceptors (Lipinski definition) is 3. The topological polar surface area (TPSA) is 67.8 Å². The zero-order valence-electron chi connectivity index (χ0n) is 11.6. The zero-order valence-corrected chi connectivity index (χ0v) is 11.6. The number of unbranched alkanes of at least 4 members (excludes halogenated alkanes) is 4. The number of nitrogens with two attached hydrogens (primary N) is 1. The van der Waals surface area contributed by atoms with Crippen molar-refractivity contribution in [3.63, 3.8) is 0 Å². The molecule has 106 valence electrons. The van der Waals surface area contributed by atoms with Gasteiger partial charge < -0.3 is 15.7 Å². The van der Waals surface area contributed by atoms with Crippen molar-refractivity contribution in [2.75, 3.05) is 6.61 Å². The van der Waals surface area contributed by atoms with Crippen LogP contribution in [0.15, 0.2) is 29.4 Å². The van der Waals surface area contributed by atoms with Gasteiger partial charge in [-0.25, -0.2) is 0 Å². The standard InChI is InChI=1S/C15H24N2O2/c1-2-3-4-5-6-7-13-8-10-14(11-9-13)19-12-15(16)17-18/h8-11,18H,2-7,12H2,1H3,(H2,16,17). The minimum absolute atomic E-state index is 0.0694. The first-order valence-corrected chi connectivity index (χ1v) is 6.94. The van der Waals surface area contributed by atoms with Gasteiger partial charge in [0.15, 0.2) is 5.84 Å². The molecular formula is C15H24N2O2. The Balaban J connectivity index is 2.27. The van der Waals surface area contributed by atoms with Gasteiger partial charge >= 0.3 is 0 Å². The Morgan fingerprint density at radius 1 is 1.16 bits per heavy atom. The lowest BCUT2D eigenvalue weighted by Gasteiger charge is -2.06. The second-order valence-electron chi connectivity index (χ2n) is 4.69. The summed E-state index contributed by atoms with van der Waals surface area (Å²) in [7, 11) is 0. The van der Waals surface area contributed by atoms with Gasteiger partial charge in [-0.3, -0.25) is 0 Å². The maximum atomic E-state index is 8.40. The zero-order chi connectivity index (χ0) is 13.9. The summed E-state index contributed by atoms with van der Waals surface area (Å²) in [5.41, 5.74) is 6.66. The molecule has 1 aromatic carbocycles. The SMILES string of the molecule is CCCCCCCc1ccc(OCC(N)=NO)cc1. The Labute approximate surface area is 115 Å². The summed E-state index contributed by atoms with van der Waals surface area (Å²) in [5, 5.41) is 11.3. The first-order chi connectivity index (χ1) is 9.26. The Kier molecular flexibility index (Phi) is 7.47. The minimum Gasteiger partial charge on any atom is -0.486 e. The van der Waals surface area contributed by atoms with Crippen molar-refractivity contribution in [2.24, 2.45) is 10.9 Å². The Hall–Kier alpha value is -1.71. The predicted molar refractivity (Wildman–Crippen MR) is 77.8 cm³/mol. The van der Waals surface area contributed by atoms with Gasteiger partial charge in [-0.15, -0.1) is 0 Å². The molecule has 0 heterocycles. The van der Waals surface area contributed by atoms with Crippen molar-refractivity contribution < 1.29 is 9.94 Å². The van der Waals surface area contributed by atoms with E-state index in [1.807, 2.05) is 12.1 Å². The summed E-state index contributed by atoms with van der Waals surface area (Å²) in [5.74, 6) is 0.807. The molecule has 3 N–H and O–H groups in total. The lowest BCUT2D eigenvalue weighted by molar-refractivity contribution is 0.306. The summed E-state index contributed by atoms with van der Waals surface area (Å²) in [4.78, 5) is 0. The average molecular weight is 264 g/mol. The summed E-state index contributed by atoms with van der Waals surface area (Å²) in [6.07, 6.45) is 7.61. The van der Waals surface area contributed by atoms with Gasteiger partial charge in [0.05, 0.1) is 0 Å². The van der Waals surface area contributed by atoms with Crippen LogP contribution in [0.25, 0.3) is 0 Å². The number of oxime groups is 1. The van der Waals surface area contributed by atoms with Gasteiger partial charge in [0, 0.05) is 0 Å². The van der Waals surface area contributed by atoms with Gasteiger partial charge in [-0.1, -0.05) is 49.9 Å². The van der Waals surface area contributed by atoms with Crippen molar-refractivity contribution in [1.29, 1.82) is 0 Å². The second kappa shape index (κ2) is 9.25. The molecule has 19 heavy (non-hydrogen) atoms. The van der Waals surface area contributed by atoms with Crippen LogP contribution in [-0.4, -0.2) is 17.6 Å². The van der Waals surface area contributed by atoms with E-state index in [0.717, 1.165) is 12.2 Å². The molecule has 0 spiro atoms. The number of ether oxygens (including phenoxy) is 1. The Morgan fingerprint density at radius 3 is 2.47 bits per heavy atom. The van der Waals surface area contributed by atoms with Gasteiger partial charge in [0.1, 0.15) is 12.4 Å². The molecule has 0 fully saturated rings. The molecule has 0 saturated heterocycles. The van der Waals surface area contributed by atoms with E-state index in [4.69, 9.17) is 15.7 Å². The third kappa shape index (κ3) is 6.70. The van der Waals surface area contributed by atoms with Crippen LogP contribution in [-0.2, 0) is 6.42 Å². The largest absolute Gasteiger partial charge is 0.486 e. The van der Waals surface area contributed by atoms with Crippen LogP contribution in [0.2, 0.25) is 0 Å². The van der Waals surface area contributed by atoms with Crippen molar-refractivity contribution >= 4 is 5.84 Å². The fraction of sp³-hybridized carbons (Fsp3) is 0.533. The fourth-order valence-corrected chi connectivity index (χ4v) is 1.87. The maximum absolute atomic E-state index is 8.40. The Bertz CT molecular complexity index is 374. The van der Waals surface area contributed by atoms with Crippen molar-refractivity contribution in [3.8, 4) is 5.75 Å². The average Bonchev–Trinajstić information content (AvgIpc) is 2.45. The van der Waals surface area contributed by atoms with Crippen LogP contribution >= 0.6 is 0 Å². The third-order valence-electron chi connectivity index (χ3n) is 3.01. The molecule has 0 bridgehead atoms. The summed E-state index contributed by atoms with van der Waals surface area (Å²) in [6, 6.07) is 7.99. The van der Waals surface area contributed by atoms with Gasteiger partial charge in [-0.05, 0) is 30.5 Å². The molecule has 1 rings (SSSR count). The lowest BCUT2D eigenvalue weighted by Crippen LogP contribution is -2.20. The van der Waals surface area contributed by atoms with Crippen molar-refractivity contribution in [2.45, 2.75) is 45.4 Å². The molecule has 0 saturated carbocycles. The van der Waals surface area contributed by atoms with Crippen LogP contribution in [0.3, 0.4) is 0 Å². The van der Waals surface area contributed by atoms with Gasteiger partial charge in [0.2, 0.25) is 0 Å². The minimum atomic E-state index is 0.0694. The highest BCUT2D eigenvalue weighted by molar-refractivity contribution is 5.81. The molecule has 0 aliphatic rings. The molecule has 0 amide bonds. The third-order valence-corrected chi connectivity index (χ3v) is 3.01. The van der Waals surface area contributed by atoms with E-state index in [9.17, 15) is 0 Å². The molecule has 0 aliphatic heterocycles. The Morgan fingerprint density at radius 2 is 1.84 bits per heavy atom. The fourth-order valence-electron chi connectivity index (χ4n) is 1.87. The molecule has 1 aromatic rings. The summed E-state index contributed by atoms with van der Waals surface area (Å²) in [6.45, 7) is 2.33. The molecule has 0 atom stereocenters. The van der Waals surface area contributed by atoms with E-state index in [0.29, 0.717) is 0 Å². The van der Waals surface area contributed by atoms with E-state index < -0.39 is 0 Å². The number of aryl methyl sites for hydroxylation is 1. The number of hydrogen-bond donors (Lipinski definition) is 2. The normalized spacial score (nSPS) is 11.5. The number of rotatable bonds is 9. The van der Waals surface area contributed by atoms with Crippen LogP contribution < -0.4 is 10.5 Å². The molecule has 4 nitrogen and oxygen atoms in total. The van der Waals surface area contributed by atoms with Crippen LogP contribution in [0.1, 0.15) is 44.6 Å². The molecule has 0 unspecified atom stereocenters. The van der Waals surface area contributed by atoms with E-state index >= 15 is 0 Å². The first kappa shape index (κ1) is 15.3. The van der Waals surface area contributed by atoms with Gasteiger partial charge in [0.25, 0.3) is 0 Å². The van der Waals surface area contributed by atoms with Crippen LogP contribution in [0.5, 0.6) is 5.75 Å². The quantitative estimate of drug-likeness (QED) is 0.236. The highest BCUT2D eigenvalue weighted by atomic mass is 16.5. The van der Waals surface area contributed by atoms with E-state index in [1.165, 1.54) is 37.7 Å². The maximum Gasteiger partial charge on any atom is 0.177 e. The van der Waals surface area contributed by atoms with E-state index in [2.05, 4.69) is 24.2 Å². The molecule has 0 radical (unpaired) electrons. The first-order valence-electron chi connectivity index (χ1n) is 6.94. The number of benzene rings is 1. The van der Waals surface area contributed by atoms with Crippen LogP contribution in [0, 0.1) is 0 Å². The van der Waals surface area contributed by atoms with Crippen LogP contribution in [0.4, 0.5) is 0 Å². The molecule has 0 aliphatic carbocycles. The molecule has 4 heteroatoms. The predicted octanol–water partition coefficient (Wildman–Crippen LogP) is 3.32. The van der Waals surface area contributed by atoms with Crippen molar-refractivity contribution in [1.82, 2.24) is 0 Å². The highest BCUT2D eigenvalue weighted by Crippen LogP contribution is 2.14. The lowest BCUT2D eigenvalue weighted by atomic mass is 10.1. The van der Waals surface area contributed by atoms with Gasteiger partial charge in [-0.2, -0.15) is 0 Å². The molecular weight excluding hydrogens is 240 g/mol. The highest BCUT2D eigenvalue weighted by Gasteiger charge is 1.98. The number of amidine groups is 1. The summed E-state index contributed by atoms with van der Waals surface area (Å²) < 4.78 is 5.36. The summed E-state index contributed by atoms with van der Waals surface area (Å²) >= 11 is 0. The second-order valence-corrected chi connectivity index (χ2v) is 4.69. The number of nitrogens with zero attached hydrogens (tertiary/aromatic N) is 1. The van der Waals surface area contributed by atoms with E-state index in [-0.39, 0.29) is 12.4 Å².